The molecule has 0 aliphatic carbocycles. The van der Waals surface area contributed by atoms with E-state index in [4.69, 9.17) is 92.8 Å². The number of nitrogens with zero attached hydrogens (tertiary/aromatic N) is 4. The van der Waals surface area contributed by atoms with E-state index in [1.165, 1.54) is 72.8 Å². The number of amides is 4. The monoisotopic (exact) mass is 1020 g/mol. The summed E-state index contributed by atoms with van der Waals surface area (Å²) in [7, 11) is 0. The van der Waals surface area contributed by atoms with Crippen LogP contribution in [0, 0.1) is 13.8 Å². The molecule has 330 valence electrons. The molecule has 0 aromatic heterocycles. The van der Waals surface area contributed by atoms with Crippen LogP contribution < -0.4 is 21.3 Å². The van der Waals surface area contributed by atoms with Crippen molar-refractivity contribution in [2.45, 2.75) is 39.8 Å². The van der Waals surface area contributed by atoms with Crippen molar-refractivity contribution in [2.75, 3.05) is 21.3 Å². The average molecular weight is 1030 g/mol. The number of halogens is 8. The largest absolute Gasteiger partial charge is 0.324 e. The summed E-state index contributed by atoms with van der Waals surface area (Å²) in [4.78, 5) is 78.2. The number of hydrogen-bond acceptors (Lipinski definition) is 10. The van der Waals surface area contributed by atoms with Crippen LogP contribution in [-0.4, -0.2) is 47.3 Å². The number of Topliss-reactive ketones (excluding diaryl/α,β-unsaturated/α-hetero) is 2. The molecule has 0 fully saturated rings. The zero-order chi connectivity index (χ0) is 47.2. The molecule has 64 heavy (non-hydrogen) atoms. The Hall–Kier alpha value is -5.16. The average Bonchev–Trinajstić information content (AvgIpc) is 3.19. The van der Waals surface area contributed by atoms with E-state index in [1.807, 2.05) is 0 Å². The van der Waals surface area contributed by atoms with Gasteiger partial charge < -0.3 is 21.3 Å². The predicted octanol–water partition coefficient (Wildman–Crippen LogP) is 13.4. The summed E-state index contributed by atoms with van der Waals surface area (Å²) < 4.78 is 0. The zero-order valence-corrected chi connectivity index (χ0v) is 39.4. The summed E-state index contributed by atoms with van der Waals surface area (Å²) in [5, 5.41) is 27.5. The van der Waals surface area contributed by atoms with Crippen LogP contribution >= 0.6 is 92.8 Å². The molecule has 0 saturated carbocycles. The van der Waals surface area contributed by atoms with E-state index in [2.05, 4.69) is 41.7 Å². The third kappa shape index (κ3) is 13.0. The number of nitrogens with one attached hydrogen (secondary N) is 4. The summed E-state index contributed by atoms with van der Waals surface area (Å²) in [5.41, 5.74) is 1.93. The fourth-order valence-electron chi connectivity index (χ4n) is 5.73. The molecule has 5 aromatic rings. The van der Waals surface area contributed by atoms with Gasteiger partial charge in [-0.1, -0.05) is 92.8 Å². The van der Waals surface area contributed by atoms with Gasteiger partial charge in [-0.15, -0.1) is 0 Å². The summed E-state index contributed by atoms with van der Waals surface area (Å²) in [6.07, 6.45) is 0. The van der Waals surface area contributed by atoms with Gasteiger partial charge in [0.15, 0.2) is 11.6 Å². The Labute approximate surface area is 405 Å². The Morgan fingerprint density at radius 1 is 0.469 bits per heavy atom. The fourth-order valence-corrected chi connectivity index (χ4v) is 7.49. The van der Waals surface area contributed by atoms with Crippen LogP contribution in [0.4, 0.5) is 34.1 Å². The summed E-state index contributed by atoms with van der Waals surface area (Å²) >= 11 is 49.2. The molecule has 4 amide bonds. The first-order chi connectivity index (χ1) is 30.1. The number of aryl methyl sites for hydroxylation is 2. The van der Waals surface area contributed by atoms with Crippen molar-refractivity contribution in [1.82, 2.24) is 0 Å². The lowest BCUT2D eigenvalue weighted by Gasteiger charge is -2.17. The second-order valence-electron chi connectivity index (χ2n) is 13.7. The van der Waals surface area contributed by atoms with Crippen molar-refractivity contribution in [2.24, 2.45) is 20.5 Å². The molecule has 0 heterocycles. The van der Waals surface area contributed by atoms with E-state index >= 15 is 0 Å². The van der Waals surface area contributed by atoms with Crippen molar-refractivity contribution >= 4 is 162 Å². The van der Waals surface area contributed by atoms with E-state index in [-0.39, 0.29) is 79.7 Å². The van der Waals surface area contributed by atoms with Gasteiger partial charge in [-0.3, -0.25) is 28.8 Å². The maximum Gasteiger partial charge on any atom is 0.258 e. The first-order valence-electron chi connectivity index (χ1n) is 18.2. The van der Waals surface area contributed by atoms with Crippen LogP contribution in [-0.2, 0) is 19.2 Å². The van der Waals surface area contributed by atoms with Crippen molar-refractivity contribution in [3.8, 4) is 0 Å². The number of benzene rings is 5. The first-order valence-corrected chi connectivity index (χ1v) is 21.2. The quantitative estimate of drug-likeness (QED) is 0.0484. The Balaban J connectivity index is 1.27. The molecule has 0 spiro atoms. The Morgan fingerprint density at radius 3 is 1.23 bits per heavy atom. The van der Waals surface area contributed by atoms with Gasteiger partial charge in [-0.25, -0.2) is 0 Å². The lowest BCUT2D eigenvalue weighted by atomic mass is 10.1. The lowest BCUT2D eigenvalue weighted by Crippen LogP contribution is -2.33. The molecule has 0 aliphatic rings. The van der Waals surface area contributed by atoms with Crippen molar-refractivity contribution in [1.29, 1.82) is 0 Å². The smallest absolute Gasteiger partial charge is 0.258 e. The summed E-state index contributed by atoms with van der Waals surface area (Å²) in [5.74, 6) is -4.26. The van der Waals surface area contributed by atoms with Gasteiger partial charge >= 0.3 is 0 Å². The highest BCUT2D eigenvalue weighted by Crippen LogP contribution is 2.36. The number of carbonyl (C=O) groups excluding carboxylic acids is 6. The molecule has 2 unspecified atom stereocenters. The number of ketones is 2. The van der Waals surface area contributed by atoms with Gasteiger partial charge in [0.05, 0.1) is 42.8 Å². The second kappa shape index (κ2) is 21.7. The lowest BCUT2D eigenvalue weighted by molar-refractivity contribution is -0.127. The molecule has 0 bridgehead atoms. The number of hydrogen-bond donors (Lipinski definition) is 4. The zero-order valence-electron chi connectivity index (χ0n) is 33.3. The van der Waals surface area contributed by atoms with Crippen LogP contribution in [0.5, 0.6) is 0 Å². The number of anilines is 4. The normalized spacial score (nSPS) is 12.2. The third-order valence-corrected chi connectivity index (χ3v) is 11.1. The Morgan fingerprint density at radius 2 is 0.844 bits per heavy atom. The van der Waals surface area contributed by atoms with E-state index in [1.54, 1.807) is 13.8 Å². The second-order valence-corrected chi connectivity index (χ2v) is 17.0. The highest BCUT2D eigenvalue weighted by Gasteiger charge is 2.27. The summed E-state index contributed by atoms with van der Waals surface area (Å²) in [6.45, 7) is 5.57. The molecular formula is C42H30Cl8N8O6. The Kier molecular flexibility index (Phi) is 16.9. The number of carbonyl (C=O) groups is 6. The highest BCUT2D eigenvalue weighted by molar-refractivity contribution is 6.46. The molecule has 5 aromatic carbocycles. The molecule has 0 saturated heterocycles. The number of rotatable bonds is 14. The highest BCUT2D eigenvalue weighted by atomic mass is 35.5. The van der Waals surface area contributed by atoms with Gasteiger partial charge in [0.1, 0.15) is 0 Å². The number of azo groups is 2. The van der Waals surface area contributed by atoms with Crippen molar-refractivity contribution in [3.05, 3.63) is 135 Å². The molecule has 0 radical (unpaired) electrons. The maximum atomic E-state index is 13.4. The molecule has 4 N–H and O–H groups in total. The van der Waals surface area contributed by atoms with Gasteiger partial charge in [0.2, 0.25) is 12.1 Å². The molecule has 22 heteroatoms. The van der Waals surface area contributed by atoms with Crippen LogP contribution in [0.3, 0.4) is 0 Å². The minimum Gasteiger partial charge on any atom is -0.324 e. The van der Waals surface area contributed by atoms with Crippen LogP contribution in [0.2, 0.25) is 40.2 Å². The van der Waals surface area contributed by atoms with E-state index in [0.29, 0.717) is 16.8 Å². The van der Waals surface area contributed by atoms with Crippen molar-refractivity contribution < 1.29 is 28.8 Å². The predicted molar refractivity (Wildman–Crippen MR) is 253 cm³/mol. The van der Waals surface area contributed by atoms with E-state index in [0.717, 1.165) is 13.8 Å². The maximum absolute atomic E-state index is 13.4. The van der Waals surface area contributed by atoms with E-state index < -0.39 is 47.3 Å². The van der Waals surface area contributed by atoms with Crippen LogP contribution in [0.25, 0.3) is 0 Å². The summed E-state index contributed by atoms with van der Waals surface area (Å²) in [6, 6.07) is 13.5. The topological polar surface area (TPSA) is 200 Å². The minimum atomic E-state index is -1.62. The van der Waals surface area contributed by atoms with Crippen molar-refractivity contribution in [3.63, 3.8) is 0 Å². The van der Waals surface area contributed by atoms with E-state index in [9.17, 15) is 28.8 Å². The van der Waals surface area contributed by atoms with Gasteiger partial charge in [0.25, 0.3) is 23.6 Å². The Bertz CT molecular complexity index is 2800. The van der Waals surface area contributed by atoms with Gasteiger partial charge in [0, 0.05) is 42.6 Å². The van der Waals surface area contributed by atoms with Gasteiger partial charge in [-0.05, 0) is 112 Å². The minimum absolute atomic E-state index is 0.0401. The molecular weight excluding hydrogens is 996 g/mol. The van der Waals surface area contributed by atoms with Gasteiger partial charge in [-0.2, -0.15) is 20.5 Å². The molecule has 0 aliphatic heterocycles. The first kappa shape index (κ1) is 49.8. The standard InChI is InChI=1S/C42H30Cl8N8O6/c1-17-5-27(51-41(63)37(19(3)59)57-55-28-9-21(7-23(43)11-28)39(61)52-32-15-25(45)13-30(47)34(32)49)6-18(2)36(17)54-42(64)38(20(4)60)58-56-29-10-22(8-24(44)12-29)40(62)53-33-16-26(46)14-31(48)35(33)50/h5-16,37-38H,1-4H3,(H,51,63)(H,52,61)(H,53,62)(H,54,64). The van der Waals surface area contributed by atoms with Crippen LogP contribution in [0.1, 0.15) is 45.7 Å². The third-order valence-electron chi connectivity index (χ3n) is 8.66. The fraction of sp³-hybridized carbons (Fsp3) is 0.143. The van der Waals surface area contributed by atoms with Crippen LogP contribution in [0.15, 0.2) is 93.3 Å². The SMILES string of the molecule is CC(=O)C(N=Nc1cc(Cl)cc(C(=O)Nc2cc(Cl)cc(Cl)c2Cl)c1)C(=O)Nc1cc(C)c(NC(=O)C(N=Nc2cc(Cl)cc(C(=O)Nc3cc(Cl)cc(Cl)c3Cl)c2)C(C)=O)c(C)c1. The molecule has 2 atom stereocenters. The molecule has 5 rings (SSSR count). The molecule has 14 nitrogen and oxygen atoms in total.